The van der Waals surface area contributed by atoms with Crippen molar-refractivity contribution >= 4 is 16.9 Å². The molecule has 0 spiro atoms. The van der Waals surface area contributed by atoms with Crippen LogP contribution in [0.2, 0.25) is 0 Å². The number of rotatable bonds is 4. The maximum absolute atomic E-state index is 12.6. The molecule has 2 aromatic heterocycles. The Morgan fingerprint density at radius 1 is 1.16 bits per heavy atom. The van der Waals surface area contributed by atoms with Crippen LogP contribution in [0.25, 0.3) is 11.0 Å². The molecular formula is C17H15F3N4O. The first kappa shape index (κ1) is 16.9. The van der Waals surface area contributed by atoms with Crippen molar-refractivity contribution in [3.05, 3.63) is 64.2 Å². The molecule has 0 bridgehead atoms. The molecule has 5 nitrogen and oxygen atoms in total. The highest BCUT2D eigenvalue weighted by Crippen LogP contribution is 2.29. The molecule has 0 atom stereocenters. The lowest BCUT2D eigenvalue weighted by Gasteiger charge is -2.12. The molecule has 1 aromatic carbocycles. The zero-order valence-corrected chi connectivity index (χ0v) is 13.3. The Morgan fingerprint density at radius 3 is 2.52 bits per heavy atom. The van der Waals surface area contributed by atoms with Crippen LogP contribution >= 0.6 is 0 Å². The van der Waals surface area contributed by atoms with E-state index in [1.165, 1.54) is 12.1 Å². The molecule has 3 aromatic rings. The predicted octanol–water partition coefficient (Wildman–Crippen LogP) is 3.44. The summed E-state index contributed by atoms with van der Waals surface area (Å²) in [4.78, 5) is 20.8. The number of halogens is 3. The van der Waals surface area contributed by atoms with E-state index in [0.29, 0.717) is 23.1 Å². The van der Waals surface area contributed by atoms with E-state index in [4.69, 9.17) is 0 Å². The average Bonchev–Trinajstić information content (AvgIpc) is 2.59. The Balaban J connectivity index is 1.86. The minimum absolute atomic E-state index is 0.153. The number of fused-ring (bicyclic) bond motifs is 1. The number of hydrogen-bond donors (Lipinski definition) is 1. The van der Waals surface area contributed by atoms with Crippen LogP contribution in [0.1, 0.15) is 18.1 Å². The van der Waals surface area contributed by atoms with Crippen molar-refractivity contribution in [2.24, 2.45) is 0 Å². The van der Waals surface area contributed by atoms with E-state index in [1.807, 2.05) is 6.92 Å². The van der Waals surface area contributed by atoms with Crippen molar-refractivity contribution in [1.82, 2.24) is 14.5 Å². The fourth-order valence-corrected chi connectivity index (χ4v) is 2.51. The van der Waals surface area contributed by atoms with Gasteiger partial charge in [0.05, 0.1) is 22.8 Å². The lowest BCUT2D eigenvalue weighted by atomic mass is 10.1. The molecule has 0 radical (unpaired) electrons. The Kier molecular flexibility index (Phi) is 4.43. The van der Waals surface area contributed by atoms with Gasteiger partial charge in [-0.05, 0) is 30.7 Å². The average molecular weight is 348 g/mol. The first-order valence-electron chi connectivity index (χ1n) is 7.64. The maximum atomic E-state index is 12.6. The second kappa shape index (κ2) is 6.54. The van der Waals surface area contributed by atoms with Crippen LogP contribution < -0.4 is 10.9 Å². The van der Waals surface area contributed by atoms with Crippen LogP contribution in [0.3, 0.4) is 0 Å². The standard InChI is InChI=1S/C17H15F3N4O/c1-2-24-14-10-21-8-7-13(14)23-15(16(24)25)22-9-11-3-5-12(6-4-11)17(18,19)20/h3-8,10H,2,9H2,1H3,(H,22,23). The van der Waals surface area contributed by atoms with E-state index < -0.39 is 11.7 Å². The molecule has 0 aliphatic heterocycles. The van der Waals surface area contributed by atoms with Crippen LogP contribution in [0, 0.1) is 0 Å². The number of benzene rings is 1. The van der Waals surface area contributed by atoms with Gasteiger partial charge in [-0.2, -0.15) is 13.2 Å². The number of nitrogens with zero attached hydrogens (tertiary/aromatic N) is 3. The number of nitrogens with one attached hydrogen (secondary N) is 1. The van der Waals surface area contributed by atoms with Gasteiger partial charge in [0, 0.05) is 19.3 Å². The Labute approximate surface area is 141 Å². The first-order valence-corrected chi connectivity index (χ1v) is 7.64. The number of anilines is 1. The first-order chi connectivity index (χ1) is 11.9. The van der Waals surface area contributed by atoms with Crippen molar-refractivity contribution in [2.45, 2.75) is 26.2 Å². The number of aryl methyl sites for hydroxylation is 1. The van der Waals surface area contributed by atoms with Gasteiger partial charge in [0.25, 0.3) is 5.56 Å². The summed E-state index contributed by atoms with van der Waals surface area (Å²) in [6, 6.07) is 6.48. The Bertz CT molecular complexity index is 949. The van der Waals surface area contributed by atoms with Gasteiger partial charge in [-0.3, -0.25) is 9.78 Å². The molecule has 0 amide bonds. The van der Waals surface area contributed by atoms with Crippen LogP contribution in [-0.4, -0.2) is 14.5 Å². The monoisotopic (exact) mass is 348 g/mol. The number of hydrogen-bond acceptors (Lipinski definition) is 4. The summed E-state index contributed by atoms with van der Waals surface area (Å²) in [6.07, 6.45) is -1.21. The van der Waals surface area contributed by atoms with Gasteiger partial charge in [0.2, 0.25) is 0 Å². The molecule has 0 saturated heterocycles. The molecule has 0 aliphatic rings. The summed E-state index contributed by atoms with van der Waals surface area (Å²) in [7, 11) is 0. The SMILES string of the molecule is CCn1c(=O)c(NCc2ccc(C(F)(F)F)cc2)nc2ccncc21. The molecule has 1 N–H and O–H groups in total. The van der Waals surface area contributed by atoms with Gasteiger partial charge in [0.15, 0.2) is 5.82 Å². The van der Waals surface area contributed by atoms with Crippen molar-refractivity contribution in [3.8, 4) is 0 Å². The number of pyridine rings is 1. The van der Waals surface area contributed by atoms with Gasteiger partial charge in [0.1, 0.15) is 0 Å². The third-order valence-electron chi connectivity index (χ3n) is 3.81. The van der Waals surface area contributed by atoms with Crippen LogP contribution in [0.4, 0.5) is 19.0 Å². The highest BCUT2D eigenvalue weighted by Gasteiger charge is 2.29. The summed E-state index contributed by atoms with van der Waals surface area (Å²) in [5.74, 6) is 0.153. The maximum Gasteiger partial charge on any atom is 0.416 e. The zero-order valence-electron chi connectivity index (χ0n) is 13.3. The van der Waals surface area contributed by atoms with Crippen LogP contribution in [0.5, 0.6) is 0 Å². The van der Waals surface area contributed by atoms with Gasteiger partial charge < -0.3 is 9.88 Å². The number of alkyl halides is 3. The van der Waals surface area contributed by atoms with E-state index in [0.717, 1.165) is 12.1 Å². The van der Waals surface area contributed by atoms with Crippen molar-refractivity contribution < 1.29 is 13.2 Å². The van der Waals surface area contributed by atoms with Gasteiger partial charge >= 0.3 is 6.18 Å². The Hall–Kier alpha value is -2.90. The molecule has 0 unspecified atom stereocenters. The van der Waals surface area contributed by atoms with Gasteiger partial charge in [-0.25, -0.2) is 4.98 Å². The highest BCUT2D eigenvalue weighted by atomic mass is 19.4. The second-order valence-corrected chi connectivity index (χ2v) is 5.42. The van der Waals surface area contributed by atoms with Crippen LogP contribution in [-0.2, 0) is 19.3 Å². The Morgan fingerprint density at radius 2 is 1.88 bits per heavy atom. The van der Waals surface area contributed by atoms with Crippen molar-refractivity contribution in [3.63, 3.8) is 0 Å². The highest BCUT2D eigenvalue weighted by molar-refractivity contribution is 5.75. The topological polar surface area (TPSA) is 59.8 Å². The summed E-state index contributed by atoms with van der Waals surface area (Å²) in [5.41, 5.74) is 0.865. The van der Waals surface area contributed by atoms with E-state index >= 15 is 0 Å². The minimum atomic E-state index is -4.37. The van der Waals surface area contributed by atoms with Crippen LogP contribution in [0.15, 0.2) is 47.5 Å². The molecule has 8 heteroatoms. The van der Waals surface area contributed by atoms with E-state index in [9.17, 15) is 18.0 Å². The second-order valence-electron chi connectivity index (χ2n) is 5.42. The molecule has 0 aliphatic carbocycles. The van der Waals surface area contributed by atoms with Gasteiger partial charge in [-0.1, -0.05) is 12.1 Å². The van der Waals surface area contributed by atoms with E-state index in [1.54, 1.807) is 23.0 Å². The third-order valence-corrected chi connectivity index (χ3v) is 3.81. The molecule has 3 rings (SSSR count). The normalized spacial score (nSPS) is 11.7. The van der Waals surface area contributed by atoms with E-state index in [2.05, 4.69) is 15.3 Å². The molecule has 0 fully saturated rings. The van der Waals surface area contributed by atoms with Gasteiger partial charge in [-0.15, -0.1) is 0 Å². The zero-order chi connectivity index (χ0) is 18.0. The van der Waals surface area contributed by atoms with Crippen molar-refractivity contribution in [2.75, 3.05) is 5.32 Å². The number of aromatic nitrogens is 3. The quantitative estimate of drug-likeness (QED) is 0.785. The third kappa shape index (κ3) is 3.47. The lowest BCUT2D eigenvalue weighted by Crippen LogP contribution is -2.25. The fraction of sp³-hybridized carbons (Fsp3) is 0.235. The minimum Gasteiger partial charge on any atom is -0.361 e. The summed E-state index contributed by atoms with van der Waals surface area (Å²) >= 11 is 0. The molecule has 130 valence electrons. The largest absolute Gasteiger partial charge is 0.416 e. The summed E-state index contributed by atoms with van der Waals surface area (Å²) in [6.45, 7) is 2.49. The smallest absolute Gasteiger partial charge is 0.361 e. The fourth-order valence-electron chi connectivity index (χ4n) is 2.51. The summed E-state index contributed by atoms with van der Waals surface area (Å²) in [5, 5.41) is 2.91. The summed E-state index contributed by atoms with van der Waals surface area (Å²) < 4.78 is 39.3. The molecule has 0 saturated carbocycles. The van der Waals surface area contributed by atoms with Crippen molar-refractivity contribution in [1.29, 1.82) is 0 Å². The van der Waals surface area contributed by atoms with E-state index in [-0.39, 0.29) is 17.9 Å². The predicted molar refractivity (Wildman–Crippen MR) is 88.2 cm³/mol. The molecular weight excluding hydrogens is 333 g/mol. The lowest BCUT2D eigenvalue weighted by molar-refractivity contribution is -0.137. The molecule has 25 heavy (non-hydrogen) atoms. The molecule has 2 heterocycles.